The van der Waals surface area contributed by atoms with Crippen LogP contribution in [-0.4, -0.2) is 17.4 Å². The predicted octanol–water partition coefficient (Wildman–Crippen LogP) is 2.38. The van der Waals surface area contributed by atoms with Crippen LogP contribution >= 0.6 is 11.6 Å². The standard InChI is InChI=1S/C15H17ClN4O/c16-13-9-12(10-14(19-13)20-17)15(21)18-8-4-7-11-5-2-1-3-6-11/h1-3,5-6,9-10H,4,7-8,17H2,(H,18,21)(H,19,20). The van der Waals surface area contributed by atoms with E-state index in [0.717, 1.165) is 12.8 Å². The van der Waals surface area contributed by atoms with Crippen LogP contribution in [0.1, 0.15) is 22.3 Å². The minimum Gasteiger partial charge on any atom is -0.352 e. The summed E-state index contributed by atoms with van der Waals surface area (Å²) in [5.74, 6) is 5.44. The molecule has 5 nitrogen and oxygen atoms in total. The normalized spacial score (nSPS) is 10.2. The fourth-order valence-corrected chi connectivity index (χ4v) is 2.15. The molecule has 0 aliphatic heterocycles. The molecule has 4 N–H and O–H groups in total. The van der Waals surface area contributed by atoms with Crippen LogP contribution in [0.25, 0.3) is 0 Å². The first-order chi connectivity index (χ1) is 10.2. The van der Waals surface area contributed by atoms with Crippen LogP contribution < -0.4 is 16.6 Å². The number of halogens is 1. The molecule has 0 unspecified atom stereocenters. The first kappa shape index (κ1) is 15.3. The number of benzene rings is 1. The highest BCUT2D eigenvalue weighted by molar-refractivity contribution is 6.29. The number of aromatic nitrogens is 1. The van der Waals surface area contributed by atoms with Gasteiger partial charge < -0.3 is 10.7 Å². The number of pyridine rings is 1. The highest BCUT2D eigenvalue weighted by atomic mass is 35.5. The summed E-state index contributed by atoms with van der Waals surface area (Å²) in [5.41, 5.74) is 4.07. The number of rotatable bonds is 6. The van der Waals surface area contributed by atoms with Crippen LogP contribution in [0.3, 0.4) is 0 Å². The van der Waals surface area contributed by atoms with Crippen LogP contribution in [0, 0.1) is 0 Å². The van der Waals surface area contributed by atoms with E-state index in [9.17, 15) is 4.79 Å². The SMILES string of the molecule is NNc1cc(C(=O)NCCCc2ccccc2)cc(Cl)n1. The lowest BCUT2D eigenvalue weighted by Gasteiger charge is -2.07. The topological polar surface area (TPSA) is 80.0 Å². The third kappa shape index (κ3) is 4.73. The maximum Gasteiger partial charge on any atom is 0.251 e. The molecule has 0 saturated heterocycles. The molecule has 0 saturated carbocycles. The number of nitrogens with zero attached hydrogens (tertiary/aromatic N) is 1. The molecular weight excluding hydrogens is 288 g/mol. The van der Waals surface area contributed by atoms with Crippen molar-refractivity contribution >= 4 is 23.3 Å². The zero-order chi connectivity index (χ0) is 15.1. The molecule has 2 aromatic rings. The van der Waals surface area contributed by atoms with Gasteiger partial charge in [0.25, 0.3) is 5.91 Å². The summed E-state index contributed by atoms with van der Waals surface area (Å²) in [5, 5.41) is 3.08. The Morgan fingerprint density at radius 3 is 2.71 bits per heavy atom. The lowest BCUT2D eigenvalue weighted by atomic mass is 10.1. The third-order valence-corrected chi connectivity index (χ3v) is 3.17. The second-order valence-corrected chi connectivity index (χ2v) is 4.94. The summed E-state index contributed by atoms with van der Waals surface area (Å²) < 4.78 is 0. The molecular formula is C15H17ClN4O. The van der Waals surface area contributed by atoms with Gasteiger partial charge in [-0.1, -0.05) is 41.9 Å². The number of hydrogen-bond donors (Lipinski definition) is 3. The second-order valence-electron chi connectivity index (χ2n) is 4.55. The smallest absolute Gasteiger partial charge is 0.251 e. The maximum absolute atomic E-state index is 12.0. The molecule has 0 fully saturated rings. The zero-order valence-electron chi connectivity index (χ0n) is 11.5. The van der Waals surface area contributed by atoms with Crippen LogP contribution in [-0.2, 0) is 6.42 Å². The Balaban J connectivity index is 1.83. The Labute approximate surface area is 128 Å². The summed E-state index contributed by atoms with van der Waals surface area (Å²) in [7, 11) is 0. The fourth-order valence-electron chi connectivity index (χ4n) is 1.94. The van der Waals surface area contributed by atoms with Gasteiger partial charge in [-0.15, -0.1) is 0 Å². The van der Waals surface area contributed by atoms with Crippen LogP contribution in [0.4, 0.5) is 5.82 Å². The van der Waals surface area contributed by atoms with Gasteiger partial charge in [0.05, 0.1) is 0 Å². The monoisotopic (exact) mass is 304 g/mol. The molecule has 110 valence electrons. The van der Waals surface area contributed by atoms with Gasteiger partial charge >= 0.3 is 0 Å². The molecule has 0 spiro atoms. The van der Waals surface area contributed by atoms with E-state index < -0.39 is 0 Å². The van der Waals surface area contributed by atoms with Crippen molar-refractivity contribution in [3.05, 3.63) is 58.7 Å². The number of nitrogen functional groups attached to an aromatic ring is 1. The van der Waals surface area contributed by atoms with Crippen molar-refractivity contribution in [2.24, 2.45) is 5.84 Å². The van der Waals surface area contributed by atoms with Gasteiger partial charge in [-0.05, 0) is 30.5 Å². The van der Waals surface area contributed by atoms with Gasteiger partial charge in [-0.3, -0.25) is 4.79 Å². The van der Waals surface area contributed by atoms with Gasteiger partial charge in [-0.2, -0.15) is 0 Å². The zero-order valence-corrected chi connectivity index (χ0v) is 12.2. The number of aryl methyl sites for hydroxylation is 1. The number of nitrogens with two attached hydrogens (primary N) is 1. The van der Waals surface area contributed by atoms with Crippen molar-refractivity contribution in [2.45, 2.75) is 12.8 Å². The fraction of sp³-hybridized carbons (Fsp3) is 0.200. The quantitative estimate of drug-likeness (QED) is 0.331. The average Bonchev–Trinajstić information content (AvgIpc) is 2.51. The molecule has 1 aromatic carbocycles. The number of amides is 1. The molecule has 1 aromatic heterocycles. The van der Waals surface area contributed by atoms with Crippen molar-refractivity contribution < 1.29 is 4.79 Å². The van der Waals surface area contributed by atoms with Gasteiger partial charge in [-0.25, -0.2) is 10.8 Å². The Hall–Kier alpha value is -2.11. The first-order valence-corrected chi connectivity index (χ1v) is 7.03. The third-order valence-electron chi connectivity index (χ3n) is 2.97. The predicted molar refractivity (Wildman–Crippen MR) is 84.2 cm³/mol. The van der Waals surface area contributed by atoms with Gasteiger partial charge in [0.1, 0.15) is 11.0 Å². The molecule has 1 amide bonds. The number of hydrazine groups is 1. The van der Waals surface area contributed by atoms with E-state index >= 15 is 0 Å². The van der Waals surface area contributed by atoms with Crippen molar-refractivity contribution in [1.82, 2.24) is 10.3 Å². The Morgan fingerprint density at radius 2 is 2.00 bits per heavy atom. The summed E-state index contributed by atoms with van der Waals surface area (Å²) >= 11 is 5.83. The minimum atomic E-state index is -0.191. The highest BCUT2D eigenvalue weighted by Crippen LogP contribution is 2.13. The molecule has 21 heavy (non-hydrogen) atoms. The Bertz CT molecular complexity index is 604. The van der Waals surface area contributed by atoms with E-state index in [1.54, 1.807) is 6.07 Å². The van der Waals surface area contributed by atoms with Crippen molar-refractivity contribution in [1.29, 1.82) is 0 Å². The van der Waals surface area contributed by atoms with Crippen LogP contribution in [0.5, 0.6) is 0 Å². The summed E-state index contributed by atoms with van der Waals surface area (Å²) in [6.45, 7) is 0.596. The molecule has 2 rings (SSSR count). The molecule has 0 atom stereocenters. The molecule has 6 heteroatoms. The summed E-state index contributed by atoms with van der Waals surface area (Å²) in [4.78, 5) is 15.9. The maximum atomic E-state index is 12.0. The molecule has 0 bridgehead atoms. The first-order valence-electron chi connectivity index (χ1n) is 6.65. The lowest BCUT2D eigenvalue weighted by molar-refractivity contribution is 0.0953. The average molecular weight is 305 g/mol. The Morgan fingerprint density at radius 1 is 1.24 bits per heavy atom. The number of anilines is 1. The highest BCUT2D eigenvalue weighted by Gasteiger charge is 2.08. The molecule has 1 heterocycles. The van der Waals surface area contributed by atoms with Crippen molar-refractivity contribution in [3.63, 3.8) is 0 Å². The number of carbonyl (C=O) groups is 1. The van der Waals surface area contributed by atoms with Crippen molar-refractivity contribution in [3.8, 4) is 0 Å². The van der Waals surface area contributed by atoms with E-state index in [1.807, 2.05) is 18.2 Å². The minimum absolute atomic E-state index is 0.191. The van der Waals surface area contributed by atoms with Gasteiger partial charge in [0.15, 0.2) is 0 Å². The van der Waals surface area contributed by atoms with Crippen LogP contribution in [0.2, 0.25) is 5.15 Å². The van der Waals surface area contributed by atoms with Crippen LogP contribution in [0.15, 0.2) is 42.5 Å². The molecule has 0 radical (unpaired) electrons. The largest absolute Gasteiger partial charge is 0.352 e. The summed E-state index contributed by atoms with van der Waals surface area (Å²) in [6.07, 6.45) is 1.80. The lowest BCUT2D eigenvalue weighted by Crippen LogP contribution is -2.25. The van der Waals surface area contributed by atoms with E-state index in [2.05, 4.69) is 27.9 Å². The van der Waals surface area contributed by atoms with Crippen molar-refractivity contribution in [2.75, 3.05) is 12.0 Å². The number of hydrogen-bond acceptors (Lipinski definition) is 4. The van der Waals surface area contributed by atoms with Gasteiger partial charge in [0, 0.05) is 12.1 Å². The Kier molecular flexibility index (Phi) is 5.54. The van der Waals surface area contributed by atoms with E-state index in [1.165, 1.54) is 11.6 Å². The van der Waals surface area contributed by atoms with E-state index in [-0.39, 0.29) is 11.1 Å². The molecule has 0 aliphatic carbocycles. The molecule has 0 aliphatic rings. The second kappa shape index (κ2) is 7.61. The summed E-state index contributed by atoms with van der Waals surface area (Å²) in [6, 6.07) is 13.2. The number of carbonyl (C=O) groups excluding carboxylic acids is 1. The number of nitrogens with one attached hydrogen (secondary N) is 2. The van der Waals surface area contributed by atoms with Gasteiger partial charge in [0.2, 0.25) is 0 Å². The van der Waals surface area contributed by atoms with E-state index in [4.69, 9.17) is 17.4 Å². The van der Waals surface area contributed by atoms with E-state index in [0.29, 0.717) is 17.9 Å².